The van der Waals surface area contributed by atoms with Gasteiger partial charge in [-0.1, -0.05) is 36.4 Å². The topological polar surface area (TPSA) is 71.3 Å². The highest BCUT2D eigenvalue weighted by molar-refractivity contribution is 7.17. The molecule has 9 aromatic heterocycles. The Morgan fingerprint density at radius 1 is 0.344 bits per heavy atom. The molecule has 0 unspecified atom stereocenters. The first-order valence-corrected chi connectivity index (χ1v) is 21.1. The smallest absolute Gasteiger partial charge is 0.145 e. The minimum atomic E-state index is 0.918. The van der Waals surface area contributed by atoms with Crippen molar-refractivity contribution in [1.82, 2.24) is 38.2 Å². The number of nitrogens with zero attached hydrogens (tertiary/aromatic N) is 8. The minimum Gasteiger partial charge on any atom is -0.308 e. The van der Waals surface area contributed by atoms with Gasteiger partial charge in [-0.3, -0.25) is 19.1 Å². The van der Waals surface area contributed by atoms with E-state index in [2.05, 4.69) is 161 Å². The van der Waals surface area contributed by atoms with Crippen molar-refractivity contribution in [2.75, 3.05) is 0 Å². The van der Waals surface area contributed by atoms with E-state index in [4.69, 9.17) is 9.97 Å². The van der Waals surface area contributed by atoms with Crippen LogP contribution in [0.1, 0.15) is 0 Å². The van der Waals surface area contributed by atoms with Crippen molar-refractivity contribution in [2.45, 2.75) is 0 Å². The summed E-state index contributed by atoms with van der Waals surface area (Å²) in [4.78, 5) is 19.1. The van der Waals surface area contributed by atoms with Gasteiger partial charge in [0, 0.05) is 100 Å². The molecule has 0 atom stereocenters. The van der Waals surface area contributed by atoms with Crippen molar-refractivity contribution >= 4 is 109 Å². The summed E-state index contributed by atoms with van der Waals surface area (Å²) in [5.74, 6) is 0. The Hall–Kier alpha value is -8.14. The van der Waals surface area contributed by atoms with Gasteiger partial charge < -0.3 is 9.13 Å². The molecule has 61 heavy (non-hydrogen) atoms. The molecule has 5 aromatic carbocycles. The summed E-state index contributed by atoms with van der Waals surface area (Å²) in [5.41, 5.74) is 12.8. The third kappa shape index (κ3) is 4.47. The van der Waals surface area contributed by atoms with E-state index in [-0.39, 0.29) is 0 Å². The largest absolute Gasteiger partial charge is 0.308 e. The number of benzene rings is 5. The first-order valence-electron chi connectivity index (χ1n) is 20.3. The first-order chi connectivity index (χ1) is 30.3. The monoisotopic (exact) mass is 798 g/mol. The lowest BCUT2D eigenvalue weighted by Crippen LogP contribution is -1.98. The molecule has 0 saturated carbocycles. The SMILES string of the molecule is c1ccc2c(c1)c1ccncc1n2-c1ccc2c(c1)c1cccnc1n2-c1ccc2scc(-n3c4ccc(-n5c6ccccc6c6ccncc65)cc4c4cccnc43)c2c1. The van der Waals surface area contributed by atoms with Gasteiger partial charge in [0.25, 0.3) is 0 Å². The molecule has 9 heterocycles. The maximum atomic E-state index is 5.02. The first kappa shape index (κ1) is 32.8. The quantitative estimate of drug-likeness (QED) is 0.178. The Morgan fingerprint density at radius 2 is 0.820 bits per heavy atom. The van der Waals surface area contributed by atoms with E-state index in [9.17, 15) is 0 Å². The fourth-order valence-corrected chi connectivity index (χ4v) is 10.9. The molecule has 0 bridgehead atoms. The molecule has 14 rings (SSSR count). The molecule has 14 aromatic rings. The van der Waals surface area contributed by atoms with Crippen LogP contribution in [0.5, 0.6) is 0 Å². The lowest BCUT2D eigenvalue weighted by molar-refractivity contribution is 1.13. The molecule has 0 saturated heterocycles. The van der Waals surface area contributed by atoms with Gasteiger partial charge in [-0.05, 0) is 103 Å². The molecule has 9 heteroatoms. The Bertz CT molecular complexity index is 4040. The number of aromatic nitrogens is 8. The fourth-order valence-electron chi connectivity index (χ4n) is 9.96. The van der Waals surface area contributed by atoms with Gasteiger partial charge in [0.2, 0.25) is 0 Å². The van der Waals surface area contributed by atoms with Gasteiger partial charge in [0.05, 0.1) is 51.2 Å². The predicted molar refractivity (Wildman–Crippen MR) is 250 cm³/mol. The number of thiophene rings is 1. The Morgan fingerprint density at radius 3 is 1.44 bits per heavy atom. The summed E-state index contributed by atoms with van der Waals surface area (Å²) in [6.07, 6.45) is 11.5. The summed E-state index contributed by atoms with van der Waals surface area (Å²) < 4.78 is 10.5. The summed E-state index contributed by atoms with van der Waals surface area (Å²) >= 11 is 1.76. The van der Waals surface area contributed by atoms with Crippen molar-refractivity contribution in [3.8, 4) is 22.7 Å². The Labute approximate surface area is 350 Å². The highest BCUT2D eigenvalue weighted by Crippen LogP contribution is 2.41. The van der Waals surface area contributed by atoms with E-state index in [1.165, 1.54) is 26.2 Å². The van der Waals surface area contributed by atoms with E-state index in [0.717, 1.165) is 94.1 Å². The zero-order chi connectivity index (χ0) is 39.8. The van der Waals surface area contributed by atoms with E-state index in [1.807, 2.05) is 49.3 Å². The average Bonchev–Trinajstić information content (AvgIpc) is 4.12. The van der Waals surface area contributed by atoms with Crippen molar-refractivity contribution in [2.24, 2.45) is 0 Å². The highest BCUT2D eigenvalue weighted by atomic mass is 32.1. The number of pyridine rings is 4. The Balaban J connectivity index is 0.963. The van der Waals surface area contributed by atoms with Crippen molar-refractivity contribution in [3.05, 3.63) is 182 Å². The van der Waals surface area contributed by atoms with E-state index >= 15 is 0 Å². The van der Waals surface area contributed by atoms with Crippen LogP contribution >= 0.6 is 11.3 Å². The van der Waals surface area contributed by atoms with Crippen LogP contribution in [0.4, 0.5) is 0 Å². The van der Waals surface area contributed by atoms with Crippen molar-refractivity contribution < 1.29 is 0 Å². The van der Waals surface area contributed by atoms with Crippen LogP contribution < -0.4 is 0 Å². The lowest BCUT2D eigenvalue weighted by Gasteiger charge is -2.11. The fraction of sp³-hybridized carbons (Fsp3) is 0. The van der Waals surface area contributed by atoms with Crippen LogP contribution in [0.15, 0.2) is 182 Å². The van der Waals surface area contributed by atoms with Gasteiger partial charge in [0.1, 0.15) is 11.3 Å². The zero-order valence-corrected chi connectivity index (χ0v) is 33.1. The Kier molecular flexibility index (Phi) is 6.56. The number of fused-ring (bicyclic) bond motifs is 13. The number of hydrogen-bond donors (Lipinski definition) is 0. The minimum absolute atomic E-state index is 0.918. The molecule has 0 aliphatic carbocycles. The van der Waals surface area contributed by atoms with Crippen LogP contribution in [0.3, 0.4) is 0 Å². The van der Waals surface area contributed by atoms with Gasteiger partial charge in [-0.15, -0.1) is 11.3 Å². The lowest BCUT2D eigenvalue weighted by atomic mass is 10.1. The molecule has 0 amide bonds. The molecule has 0 N–H and O–H groups in total. The molecular formula is C52H30N8S. The second-order valence-corrected chi connectivity index (χ2v) is 16.5. The molecule has 284 valence electrons. The average molecular weight is 799 g/mol. The molecule has 0 spiro atoms. The molecular weight excluding hydrogens is 769 g/mol. The molecule has 0 aliphatic rings. The predicted octanol–water partition coefficient (Wildman–Crippen LogP) is 12.9. The molecule has 8 nitrogen and oxygen atoms in total. The van der Waals surface area contributed by atoms with Crippen molar-refractivity contribution in [3.63, 3.8) is 0 Å². The van der Waals surface area contributed by atoms with Gasteiger partial charge >= 0.3 is 0 Å². The van der Waals surface area contributed by atoms with Gasteiger partial charge in [-0.2, -0.15) is 0 Å². The van der Waals surface area contributed by atoms with Crippen LogP contribution in [-0.4, -0.2) is 38.2 Å². The summed E-state index contributed by atoms with van der Waals surface area (Å²) in [6.45, 7) is 0. The second kappa shape index (κ2) is 12.2. The molecule has 0 fully saturated rings. The van der Waals surface area contributed by atoms with Crippen LogP contribution in [-0.2, 0) is 0 Å². The molecule has 0 radical (unpaired) electrons. The van der Waals surface area contributed by atoms with Crippen LogP contribution in [0.25, 0.3) is 120 Å². The van der Waals surface area contributed by atoms with E-state index in [1.54, 1.807) is 11.3 Å². The van der Waals surface area contributed by atoms with Gasteiger partial charge in [-0.25, -0.2) is 9.97 Å². The van der Waals surface area contributed by atoms with Crippen molar-refractivity contribution in [1.29, 1.82) is 0 Å². The van der Waals surface area contributed by atoms with Crippen LogP contribution in [0.2, 0.25) is 0 Å². The second-order valence-electron chi connectivity index (χ2n) is 15.6. The standard InChI is InChI=1S/C52H30N8S/c1-3-11-43-34(7-1)36-19-23-53-28-47(36)57(43)31-13-16-45-40(25-31)38-9-5-21-55-51(38)59(45)33-15-18-50-42(27-33)49(30-61-50)60-46-17-14-32(26-41(46)39-10-6-22-56-52(39)60)58-44-12-4-2-8-35(44)37-20-24-54-29-48(37)58/h1-30H. The maximum absolute atomic E-state index is 5.02. The number of hydrogen-bond acceptors (Lipinski definition) is 5. The summed E-state index contributed by atoms with van der Waals surface area (Å²) in [7, 11) is 0. The van der Waals surface area contributed by atoms with Crippen LogP contribution in [0, 0.1) is 0 Å². The maximum Gasteiger partial charge on any atom is 0.145 e. The zero-order valence-electron chi connectivity index (χ0n) is 32.3. The third-order valence-corrected chi connectivity index (χ3v) is 13.5. The normalized spacial score (nSPS) is 12.3. The summed E-state index contributed by atoms with van der Waals surface area (Å²) in [6, 6.07) is 50.1. The molecule has 0 aliphatic heterocycles. The van der Waals surface area contributed by atoms with Gasteiger partial charge in [0.15, 0.2) is 0 Å². The third-order valence-electron chi connectivity index (χ3n) is 12.5. The number of para-hydroxylation sites is 2. The number of rotatable bonds is 4. The van der Waals surface area contributed by atoms with E-state index in [0.29, 0.717) is 0 Å². The van der Waals surface area contributed by atoms with E-state index < -0.39 is 0 Å². The highest BCUT2D eigenvalue weighted by Gasteiger charge is 2.21. The summed E-state index contributed by atoms with van der Waals surface area (Å²) in [5, 5.41) is 12.7.